The fourth-order valence-electron chi connectivity index (χ4n) is 2.14. The molecule has 0 saturated carbocycles. The highest BCUT2D eigenvalue weighted by Crippen LogP contribution is 2.22. The lowest BCUT2D eigenvalue weighted by Crippen LogP contribution is -2.33. The molecular weight excluding hydrogens is 282 g/mol. The highest BCUT2D eigenvalue weighted by molar-refractivity contribution is 5.84. The Labute approximate surface area is 131 Å². The number of amides is 1. The average Bonchev–Trinajstić information content (AvgIpc) is 2.52. The molecule has 0 unspecified atom stereocenters. The van der Waals surface area contributed by atoms with Crippen LogP contribution in [0.25, 0.3) is 0 Å². The molecule has 0 spiro atoms. The minimum atomic E-state index is -1.25. The number of benzene rings is 1. The predicted molar refractivity (Wildman–Crippen MR) is 82.5 cm³/mol. The Morgan fingerprint density at radius 3 is 2.41 bits per heavy atom. The van der Waals surface area contributed by atoms with Gasteiger partial charge in [-0.2, -0.15) is 0 Å². The van der Waals surface area contributed by atoms with Crippen LogP contribution in [-0.4, -0.2) is 25.5 Å². The van der Waals surface area contributed by atoms with Gasteiger partial charge in [-0.25, -0.2) is 0 Å². The van der Waals surface area contributed by atoms with Gasteiger partial charge < -0.3 is 20.0 Å². The van der Waals surface area contributed by atoms with Crippen molar-refractivity contribution in [2.24, 2.45) is 0 Å². The minimum absolute atomic E-state index is 0.129. The number of carbonyl (C=O) groups is 2. The third kappa shape index (κ3) is 6.16. The standard InChI is InChI=1S/C17H25NO4/c1-3-4-5-6-11-22-14-9-7-13(8-10-14)15(17(20)21)12-16(19)18-2/h7-10,15H,3-6,11-12H2,1-2H3,(H,18,19)(H,20,21)/p-1/t15-/m0/s1. The van der Waals surface area contributed by atoms with Crippen molar-refractivity contribution >= 4 is 11.9 Å². The smallest absolute Gasteiger partial charge is 0.220 e. The van der Waals surface area contributed by atoms with E-state index in [1.807, 2.05) is 0 Å². The van der Waals surface area contributed by atoms with Crippen molar-refractivity contribution in [2.75, 3.05) is 13.7 Å². The van der Waals surface area contributed by atoms with Crippen LogP contribution in [-0.2, 0) is 9.59 Å². The van der Waals surface area contributed by atoms with E-state index in [4.69, 9.17) is 4.74 Å². The molecule has 0 aromatic heterocycles. The van der Waals surface area contributed by atoms with E-state index in [0.717, 1.165) is 12.8 Å². The van der Waals surface area contributed by atoms with E-state index in [9.17, 15) is 14.7 Å². The van der Waals surface area contributed by atoms with Gasteiger partial charge in [0.2, 0.25) is 5.91 Å². The number of rotatable bonds is 10. The number of hydrogen-bond acceptors (Lipinski definition) is 4. The Hall–Kier alpha value is -2.04. The maximum absolute atomic E-state index is 11.4. The van der Waals surface area contributed by atoms with Gasteiger partial charge in [-0.05, 0) is 24.1 Å². The zero-order valence-corrected chi connectivity index (χ0v) is 13.3. The Morgan fingerprint density at radius 2 is 1.86 bits per heavy atom. The van der Waals surface area contributed by atoms with Crippen molar-refractivity contribution in [3.63, 3.8) is 0 Å². The third-order valence-corrected chi connectivity index (χ3v) is 3.50. The van der Waals surface area contributed by atoms with Gasteiger partial charge in [0, 0.05) is 25.4 Å². The zero-order chi connectivity index (χ0) is 16.4. The van der Waals surface area contributed by atoms with Crippen LogP contribution in [0.2, 0.25) is 0 Å². The van der Waals surface area contributed by atoms with Gasteiger partial charge >= 0.3 is 0 Å². The van der Waals surface area contributed by atoms with E-state index in [-0.39, 0.29) is 12.3 Å². The molecule has 0 aliphatic carbocycles. The molecule has 1 atom stereocenters. The summed E-state index contributed by atoms with van der Waals surface area (Å²) in [5.41, 5.74) is 0.543. The monoisotopic (exact) mass is 306 g/mol. The number of carboxylic acids is 1. The molecule has 1 N–H and O–H groups in total. The van der Waals surface area contributed by atoms with Crippen LogP contribution in [0.3, 0.4) is 0 Å². The Kier molecular flexibility index (Phi) is 8.04. The average molecular weight is 306 g/mol. The lowest BCUT2D eigenvalue weighted by atomic mass is 9.95. The number of carbonyl (C=O) groups excluding carboxylic acids is 2. The fourth-order valence-corrected chi connectivity index (χ4v) is 2.14. The van der Waals surface area contributed by atoms with Gasteiger partial charge in [0.05, 0.1) is 6.61 Å². The fraction of sp³-hybridized carbons (Fsp3) is 0.529. The largest absolute Gasteiger partial charge is 0.549 e. The number of ether oxygens (including phenoxy) is 1. The first kappa shape index (κ1) is 18.0. The second kappa shape index (κ2) is 9.82. The molecule has 1 aromatic rings. The molecular formula is C17H24NO4-. The lowest BCUT2D eigenvalue weighted by molar-refractivity contribution is -0.308. The van der Waals surface area contributed by atoms with E-state index in [1.54, 1.807) is 24.3 Å². The maximum Gasteiger partial charge on any atom is 0.220 e. The summed E-state index contributed by atoms with van der Waals surface area (Å²) < 4.78 is 5.61. The van der Waals surface area contributed by atoms with Gasteiger partial charge in [0.1, 0.15) is 5.75 Å². The quantitative estimate of drug-likeness (QED) is 0.666. The van der Waals surface area contributed by atoms with Crippen molar-refractivity contribution in [3.8, 4) is 5.75 Å². The summed E-state index contributed by atoms with van der Waals surface area (Å²) >= 11 is 0. The molecule has 0 fully saturated rings. The lowest BCUT2D eigenvalue weighted by Gasteiger charge is -2.18. The number of hydrogen-bond donors (Lipinski definition) is 1. The molecule has 0 saturated heterocycles. The molecule has 1 aromatic carbocycles. The molecule has 0 aliphatic rings. The zero-order valence-electron chi connectivity index (χ0n) is 13.3. The summed E-state index contributed by atoms with van der Waals surface area (Å²) in [5, 5.41) is 13.6. The molecule has 5 nitrogen and oxygen atoms in total. The van der Waals surface area contributed by atoms with Gasteiger partial charge in [-0.3, -0.25) is 4.79 Å². The number of unbranched alkanes of at least 4 members (excludes halogenated alkanes) is 3. The van der Waals surface area contributed by atoms with Gasteiger partial charge in [-0.15, -0.1) is 0 Å². The Balaban J connectivity index is 2.57. The number of nitrogens with one attached hydrogen (secondary N) is 1. The molecule has 5 heteroatoms. The second-order valence-corrected chi connectivity index (χ2v) is 5.23. The first-order chi connectivity index (χ1) is 10.6. The second-order valence-electron chi connectivity index (χ2n) is 5.23. The van der Waals surface area contributed by atoms with Gasteiger partial charge in [-0.1, -0.05) is 38.3 Å². The SMILES string of the molecule is CCCCCCOc1ccc([C@H](CC(=O)NC)C(=O)[O-])cc1. The Morgan fingerprint density at radius 1 is 1.18 bits per heavy atom. The van der Waals surface area contributed by atoms with Crippen LogP contribution < -0.4 is 15.2 Å². The molecule has 0 bridgehead atoms. The van der Waals surface area contributed by atoms with Crippen molar-refractivity contribution in [2.45, 2.75) is 44.9 Å². The normalized spacial score (nSPS) is 11.7. The first-order valence-corrected chi connectivity index (χ1v) is 7.72. The highest BCUT2D eigenvalue weighted by Gasteiger charge is 2.16. The highest BCUT2D eigenvalue weighted by atomic mass is 16.5. The maximum atomic E-state index is 11.4. The molecule has 0 aliphatic heterocycles. The summed E-state index contributed by atoms with van der Waals surface area (Å²) in [6.07, 6.45) is 4.41. The van der Waals surface area contributed by atoms with Gasteiger partial charge in [0.25, 0.3) is 0 Å². The third-order valence-electron chi connectivity index (χ3n) is 3.50. The van der Waals surface area contributed by atoms with E-state index >= 15 is 0 Å². The summed E-state index contributed by atoms with van der Waals surface area (Å²) in [6, 6.07) is 6.81. The van der Waals surface area contributed by atoms with Crippen molar-refractivity contribution in [1.82, 2.24) is 5.32 Å². The summed E-state index contributed by atoms with van der Waals surface area (Å²) in [5.74, 6) is -1.82. The Bertz CT molecular complexity index is 470. The summed E-state index contributed by atoms with van der Waals surface area (Å²) in [4.78, 5) is 22.6. The van der Waals surface area contributed by atoms with Crippen LogP contribution >= 0.6 is 0 Å². The molecule has 1 rings (SSSR count). The van der Waals surface area contributed by atoms with E-state index in [2.05, 4.69) is 12.2 Å². The number of carboxylic acid groups (broad SMARTS) is 1. The van der Waals surface area contributed by atoms with Crippen LogP contribution in [0.4, 0.5) is 0 Å². The molecule has 1 amide bonds. The molecule has 0 heterocycles. The van der Waals surface area contributed by atoms with Gasteiger partial charge in [0.15, 0.2) is 0 Å². The van der Waals surface area contributed by atoms with Crippen molar-refractivity contribution in [3.05, 3.63) is 29.8 Å². The van der Waals surface area contributed by atoms with E-state index in [0.29, 0.717) is 17.9 Å². The van der Waals surface area contributed by atoms with Crippen LogP contribution in [0, 0.1) is 0 Å². The van der Waals surface area contributed by atoms with Crippen molar-refractivity contribution < 1.29 is 19.4 Å². The van der Waals surface area contributed by atoms with E-state index in [1.165, 1.54) is 19.9 Å². The number of aliphatic carboxylic acids is 1. The predicted octanol–water partition coefficient (Wildman–Crippen LogP) is 1.62. The molecule has 22 heavy (non-hydrogen) atoms. The molecule has 122 valence electrons. The minimum Gasteiger partial charge on any atom is -0.549 e. The first-order valence-electron chi connectivity index (χ1n) is 7.72. The van der Waals surface area contributed by atoms with Crippen LogP contribution in [0.15, 0.2) is 24.3 Å². The van der Waals surface area contributed by atoms with Crippen LogP contribution in [0.1, 0.15) is 50.5 Å². The molecule has 0 radical (unpaired) electrons. The summed E-state index contributed by atoms with van der Waals surface area (Å²) in [7, 11) is 1.48. The van der Waals surface area contributed by atoms with E-state index < -0.39 is 11.9 Å². The topological polar surface area (TPSA) is 78.5 Å². The van der Waals surface area contributed by atoms with Crippen LogP contribution in [0.5, 0.6) is 5.75 Å². The van der Waals surface area contributed by atoms with Crippen molar-refractivity contribution in [1.29, 1.82) is 0 Å². The summed E-state index contributed by atoms with van der Waals surface area (Å²) in [6.45, 7) is 2.81.